The molecule has 1 aliphatic rings. The lowest BCUT2D eigenvalue weighted by Crippen LogP contribution is -2.40. The van der Waals surface area contributed by atoms with Gasteiger partial charge in [-0.15, -0.1) is 24.0 Å². The van der Waals surface area contributed by atoms with Gasteiger partial charge in [-0.1, -0.05) is 42.7 Å². The number of aromatic nitrogens is 2. The van der Waals surface area contributed by atoms with Crippen LogP contribution in [0.15, 0.2) is 33.8 Å². The van der Waals surface area contributed by atoms with Crippen LogP contribution >= 0.6 is 35.6 Å². The molecule has 1 aliphatic heterocycles. The number of guanidine groups is 1. The van der Waals surface area contributed by atoms with Crippen molar-refractivity contribution in [1.82, 2.24) is 20.4 Å². The number of rotatable bonds is 4. The van der Waals surface area contributed by atoms with Crippen molar-refractivity contribution >= 4 is 41.5 Å². The van der Waals surface area contributed by atoms with Crippen LogP contribution < -0.4 is 5.32 Å². The Morgan fingerprint density at radius 1 is 1.42 bits per heavy atom. The van der Waals surface area contributed by atoms with Gasteiger partial charge < -0.3 is 14.7 Å². The van der Waals surface area contributed by atoms with E-state index in [0.717, 1.165) is 37.6 Å². The van der Waals surface area contributed by atoms with E-state index in [1.807, 2.05) is 24.3 Å². The molecule has 142 valence electrons. The largest absolute Gasteiger partial charge is 0.357 e. The van der Waals surface area contributed by atoms with Crippen molar-refractivity contribution in [3.8, 4) is 11.4 Å². The summed E-state index contributed by atoms with van der Waals surface area (Å²) >= 11 is 6.01. The number of hydrogen-bond acceptors (Lipinski definition) is 4. The molecule has 0 amide bonds. The Morgan fingerprint density at radius 3 is 2.88 bits per heavy atom. The van der Waals surface area contributed by atoms with Crippen LogP contribution in [0, 0.1) is 5.41 Å². The summed E-state index contributed by atoms with van der Waals surface area (Å²) in [7, 11) is 0. The lowest BCUT2D eigenvalue weighted by atomic mass is 9.93. The fraction of sp³-hybridized carbons (Fsp3) is 0.500. The van der Waals surface area contributed by atoms with E-state index >= 15 is 0 Å². The Balaban J connectivity index is 0.00000243. The van der Waals surface area contributed by atoms with E-state index in [1.54, 1.807) is 0 Å². The van der Waals surface area contributed by atoms with Crippen molar-refractivity contribution in [2.45, 2.75) is 33.7 Å². The molecule has 6 nitrogen and oxygen atoms in total. The van der Waals surface area contributed by atoms with Crippen LogP contribution in [0.4, 0.5) is 0 Å². The van der Waals surface area contributed by atoms with Crippen molar-refractivity contribution in [3.63, 3.8) is 0 Å². The van der Waals surface area contributed by atoms with Crippen molar-refractivity contribution in [2.75, 3.05) is 19.6 Å². The molecule has 0 bridgehead atoms. The first-order valence-corrected chi connectivity index (χ1v) is 8.96. The highest BCUT2D eigenvalue weighted by Crippen LogP contribution is 2.28. The van der Waals surface area contributed by atoms with Crippen molar-refractivity contribution in [3.05, 3.63) is 35.2 Å². The second-order valence-corrected chi connectivity index (χ2v) is 7.46. The van der Waals surface area contributed by atoms with Gasteiger partial charge in [-0.3, -0.25) is 0 Å². The maximum Gasteiger partial charge on any atom is 0.248 e. The number of likely N-dealkylation sites (tertiary alicyclic amines) is 1. The van der Waals surface area contributed by atoms with E-state index in [0.29, 0.717) is 28.7 Å². The minimum atomic E-state index is 0. The van der Waals surface area contributed by atoms with Crippen LogP contribution in [0.3, 0.4) is 0 Å². The average molecular weight is 490 g/mol. The summed E-state index contributed by atoms with van der Waals surface area (Å²) in [5.41, 5.74) is 1.15. The fourth-order valence-electron chi connectivity index (χ4n) is 2.93. The van der Waals surface area contributed by atoms with E-state index in [1.165, 1.54) is 0 Å². The molecular formula is C18H25ClIN5O. The fourth-order valence-corrected chi connectivity index (χ4v) is 3.12. The van der Waals surface area contributed by atoms with Crippen LogP contribution in [0.2, 0.25) is 5.02 Å². The summed E-state index contributed by atoms with van der Waals surface area (Å²) in [5.74, 6) is 1.92. The molecule has 26 heavy (non-hydrogen) atoms. The molecule has 1 N–H and O–H groups in total. The third kappa shape index (κ3) is 5.33. The zero-order chi connectivity index (χ0) is 17.9. The zero-order valence-corrected chi connectivity index (χ0v) is 18.4. The SMILES string of the molecule is CCNC(=NCc1nc(-c2cccc(Cl)c2)no1)N1CCC(C)(C)C1.I. The maximum absolute atomic E-state index is 6.01. The number of nitrogens with one attached hydrogen (secondary N) is 1. The Bertz CT molecular complexity index is 762. The number of halogens is 2. The molecule has 8 heteroatoms. The van der Waals surface area contributed by atoms with Gasteiger partial charge in [-0.2, -0.15) is 4.98 Å². The summed E-state index contributed by atoms with van der Waals surface area (Å²) in [6.07, 6.45) is 1.16. The second-order valence-electron chi connectivity index (χ2n) is 7.03. The first-order valence-electron chi connectivity index (χ1n) is 8.59. The normalized spacial score (nSPS) is 16.5. The molecule has 0 aliphatic carbocycles. The highest BCUT2D eigenvalue weighted by molar-refractivity contribution is 14.0. The predicted molar refractivity (Wildman–Crippen MR) is 115 cm³/mol. The molecule has 0 radical (unpaired) electrons. The molecule has 0 unspecified atom stereocenters. The van der Waals surface area contributed by atoms with Crippen molar-refractivity contribution < 1.29 is 4.52 Å². The number of hydrogen-bond donors (Lipinski definition) is 1. The van der Waals surface area contributed by atoms with E-state index in [4.69, 9.17) is 16.1 Å². The van der Waals surface area contributed by atoms with Crippen LogP contribution in [0.25, 0.3) is 11.4 Å². The summed E-state index contributed by atoms with van der Waals surface area (Å²) in [4.78, 5) is 11.4. The molecule has 2 aromatic rings. The minimum Gasteiger partial charge on any atom is -0.357 e. The highest BCUT2D eigenvalue weighted by Gasteiger charge is 2.30. The van der Waals surface area contributed by atoms with Crippen LogP contribution in [-0.4, -0.2) is 40.6 Å². The van der Waals surface area contributed by atoms with Crippen molar-refractivity contribution in [2.24, 2.45) is 10.4 Å². The average Bonchev–Trinajstić information content (AvgIpc) is 3.18. The highest BCUT2D eigenvalue weighted by atomic mass is 127. The topological polar surface area (TPSA) is 66.5 Å². The Kier molecular flexibility index (Phi) is 7.28. The van der Waals surface area contributed by atoms with Gasteiger partial charge in [0.15, 0.2) is 5.96 Å². The summed E-state index contributed by atoms with van der Waals surface area (Å²) in [5, 5.41) is 8.02. The van der Waals surface area contributed by atoms with Gasteiger partial charge in [-0.25, -0.2) is 4.99 Å². The van der Waals surface area contributed by atoms with E-state index < -0.39 is 0 Å². The molecule has 0 spiro atoms. The Hall–Kier alpha value is -1.35. The zero-order valence-electron chi connectivity index (χ0n) is 15.3. The van der Waals surface area contributed by atoms with Gasteiger partial charge in [0.2, 0.25) is 11.7 Å². The molecule has 1 fully saturated rings. The van der Waals surface area contributed by atoms with Crippen LogP contribution in [0.5, 0.6) is 0 Å². The lowest BCUT2D eigenvalue weighted by Gasteiger charge is -2.23. The molecular weight excluding hydrogens is 465 g/mol. The quantitative estimate of drug-likeness (QED) is 0.396. The van der Waals surface area contributed by atoms with Crippen molar-refractivity contribution in [1.29, 1.82) is 0 Å². The van der Waals surface area contributed by atoms with Gasteiger partial charge in [0, 0.05) is 30.2 Å². The van der Waals surface area contributed by atoms with E-state index in [9.17, 15) is 0 Å². The van der Waals surface area contributed by atoms with Crippen LogP contribution in [-0.2, 0) is 6.54 Å². The number of benzene rings is 1. The summed E-state index contributed by atoms with van der Waals surface area (Å²) in [6.45, 7) is 9.82. The first kappa shape index (κ1) is 21.0. The molecule has 1 aromatic heterocycles. The Morgan fingerprint density at radius 2 is 2.23 bits per heavy atom. The number of nitrogens with zero attached hydrogens (tertiary/aromatic N) is 4. The summed E-state index contributed by atoms with van der Waals surface area (Å²) < 4.78 is 5.33. The van der Waals surface area contributed by atoms with Gasteiger partial charge >= 0.3 is 0 Å². The standard InChI is InChI=1S/C18H24ClN5O.HI/c1-4-20-17(24-9-8-18(2,3)12-24)21-11-15-22-16(23-25-15)13-6-5-7-14(19)10-13;/h5-7,10H,4,8-9,11-12H2,1-3H3,(H,20,21);1H. The molecule has 0 atom stereocenters. The Labute approximate surface area is 176 Å². The van der Waals surface area contributed by atoms with Gasteiger partial charge in [0.05, 0.1) is 0 Å². The lowest BCUT2D eigenvalue weighted by molar-refractivity contribution is 0.366. The molecule has 2 heterocycles. The molecule has 3 rings (SSSR count). The monoisotopic (exact) mass is 489 g/mol. The number of aliphatic imine (C=N–C) groups is 1. The minimum absolute atomic E-state index is 0. The first-order chi connectivity index (χ1) is 12.0. The second kappa shape index (κ2) is 9.03. The van der Waals surface area contributed by atoms with E-state index in [2.05, 4.69) is 46.1 Å². The van der Waals surface area contributed by atoms with Crippen LogP contribution in [0.1, 0.15) is 33.1 Å². The summed E-state index contributed by atoms with van der Waals surface area (Å²) in [6, 6.07) is 7.40. The van der Waals surface area contributed by atoms with Gasteiger partial charge in [-0.05, 0) is 30.9 Å². The molecule has 1 saturated heterocycles. The maximum atomic E-state index is 6.01. The van der Waals surface area contributed by atoms with Gasteiger partial charge in [0.1, 0.15) is 6.54 Å². The van der Waals surface area contributed by atoms with E-state index in [-0.39, 0.29) is 24.0 Å². The molecule has 1 aromatic carbocycles. The molecule has 0 saturated carbocycles. The van der Waals surface area contributed by atoms with Gasteiger partial charge in [0.25, 0.3) is 0 Å². The smallest absolute Gasteiger partial charge is 0.248 e. The third-order valence-corrected chi connectivity index (χ3v) is 4.46. The third-order valence-electron chi connectivity index (χ3n) is 4.23. The predicted octanol–water partition coefficient (Wildman–Crippen LogP) is 4.21.